The van der Waals surface area contributed by atoms with Gasteiger partial charge in [-0.15, -0.1) is 0 Å². The first-order valence-corrected chi connectivity index (χ1v) is 8.25. The quantitative estimate of drug-likeness (QED) is 0.449. The van der Waals surface area contributed by atoms with Crippen LogP contribution in [-0.4, -0.2) is 13.7 Å². The summed E-state index contributed by atoms with van der Waals surface area (Å²) in [5.74, 6) is 1.73. The van der Waals surface area contributed by atoms with Crippen molar-refractivity contribution in [3.8, 4) is 11.5 Å². The van der Waals surface area contributed by atoms with Gasteiger partial charge in [0, 0.05) is 5.56 Å². The van der Waals surface area contributed by atoms with Gasteiger partial charge in [0.05, 0.1) is 13.7 Å². The van der Waals surface area contributed by atoms with Crippen LogP contribution in [0.4, 0.5) is 0 Å². The van der Waals surface area contributed by atoms with E-state index in [0.717, 1.165) is 30.1 Å². The number of benzene rings is 1. The van der Waals surface area contributed by atoms with Crippen LogP contribution in [0.1, 0.15) is 63.9 Å². The normalized spacial score (nSPS) is 10.4. The smallest absolute Gasteiger partial charge is 0.126 e. The van der Waals surface area contributed by atoms with E-state index < -0.39 is 0 Å². The first-order chi connectivity index (χ1) is 10.3. The average molecular weight is 290 g/mol. The summed E-state index contributed by atoms with van der Waals surface area (Å²) in [6, 6.07) is 5.84. The minimum atomic E-state index is 0.780. The summed E-state index contributed by atoms with van der Waals surface area (Å²) in [5.41, 5.74) is 0.994. The number of ether oxygens (including phenoxy) is 2. The van der Waals surface area contributed by atoms with Crippen molar-refractivity contribution in [2.45, 2.75) is 58.3 Å². The van der Waals surface area contributed by atoms with Crippen molar-refractivity contribution in [2.24, 2.45) is 0 Å². The van der Waals surface area contributed by atoms with Crippen LogP contribution in [0.25, 0.3) is 6.08 Å². The number of unbranched alkanes of at least 4 members (excludes halogenated alkanes) is 7. The summed E-state index contributed by atoms with van der Waals surface area (Å²) in [6.45, 7) is 6.86. The summed E-state index contributed by atoms with van der Waals surface area (Å²) >= 11 is 0. The van der Waals surface area contributed by atoms with E-state index in [1.165, 1.54) is 44.9 Å². The Hall–Kier alpha value is -1.44. The molecule has 0 amide bonds. The fourth-order valence-corrected chi connectivity index (χ4v) is 2.36. The number of hydrogen-bond acceptors (Lipinski definition) is 2. The van der Waals surface area contributed by atoms with Crippen LogP contribution >= 0.6 is 0 Å². The van der Waals surface area contributed by atoms with Gasteiger partial charge in [-0.3, -0.25) is 0 Å². The highest BCUT2D eigenvalue weighted by atomic mass is 16.5. The van der Waals surface area contributed by atoms with Crippen LogP contribution in [0.5, 0.6) is 11.5 Å². The zero-order chi connectivity index (χ0) is 15.3. The molecule has 0 aliphatic carbocycles. The predicted octanol–water partition coefficient (Wildman–Crippen LogP) is 5.86. The number of hydrogen-bond donors (Lipinski definition) is 0. The molecule has 0 saturated heterocycles. The topological polar surface area (TPSA) is 18.5 Å². The van der Waals surface area contributed by atoms with Crippen LogP contribution in [-0.2, 0) is 0 Å². The van der Waals surface area contributed by atoms with E-state index in [9.17, 15) is 0 Å². The maximum Gasteiger partial charge on any atom is 0.126 e. The van der Waals surface area contributed by atoms with Crippen molar-refractivity contribution in [1.82, 2.24) is 0 Å². The molecule has 2 nitrogen and oxygen atoms in total. The Morgan fingerprint density at radius 1 is 1.00 bits per heavy atom. The standard InChI is InChI=1S/C19H30O2/c1-4-6-7-8-9-10-11-12-15-21-19-14-13-18(20-3)16-17(19)5-2/h5,13-14,16H,2,4,6-12,15H2,1,3H3. The van der Waals surface area contributed by atoms with Gasteiger partial charge in [-0.2, -0.15) is 0 Å². The summed E-state index contributed by atoms with van der Waals surface area (Å²) in [4.78, 5) is 0. The lowest BCUT2D eigenvalue weighted by molar-refractivity contribution is 0.303. The molecule has 118 valence electrons. The molecule has 21 heavy (non-hydrogen) atoms. The van der Waals surface area contributed by atoms with Crippen molar-refractivity contribution in [1.29, 1.82) is 0 Å². The van der Waals surface area contributed by atoms with E-state index in [1.54, 1.807) is 7.11 Å². The molecule has 0 heterocycles. The Balaban J connectivity index is 2.16. The van der Waals surface area contributed by atoms with Gasteiger partial charge in [0.15, 0.2) is 0 Å². The van der Waals surface area contributed by atoms with Gasteiger partial charge in [-0.25, -0.2) is 0 Å². The van der Waals surface area contributed by atoms with E-state index in [-0.39, 0.29) is 0 Å². The molecular formula is C19H30O2. The van der Waals surface area contributed by atoms with Gasteiger partial charge in [-0.05, 0) is 24.6 Å². The molecule has 0 bridgehead atoms. The Morgan fingerprint density at radius 2 is 1.67 bits per heavy atom. The van der Waals surface area contributed by atoms with Gasteiger partial charge < -0.3 is 9.47 Å². The van der Waals surface area contributed by atoms with Gasteiger partial charge in [0.1, 0.15) is 11.5 Å². The third-order valence-corrected chi connectivity index (χ3v) is 3.69. The average Bonchev–Trinajstić information content (AvgIpc) is 2.53. The van der Waals surface area contributed by atoms with E-state index in [4.69, 9.17) is 9.47 Å². The van der Waals surface area contributed by atoms with Crippen LogP contribution in [0.2, 0.25) is 0 Å². The Bertz CT molecular complexity index is 399. The van der Waals surface area contributed by atoms with Crippen molar-refractivity contribution in [3.63, 3.8) is 0 Å². The van der Waals surface area contributed by atoms with Gasteiger partial charge in [0.25, 0.3) is 0 Å². The second-order valence-electron chi connectivity index (χ2n) is 5.43. The fraction of sp³-hybridized carbons (Fsp3) is 0.579. The van der Waals surface area contributed by atoms with Crippen molar-refractivity contribution >= 4 is 6.08 Å². The zero-order valence-electron chi connectivity index (χ0n) is 13.7. The SMILES string of the molecule is C=Cc1cc(OC)ccc1OCCCCCCCCCC. The Labute approximate surface area is 130 Å². The highest BCUT2D eigenvalue weighted by molar-refractivity contribution is 5.58. The van der Waals surface area contributed by atoms with Crippen LogP contribution in [0.15, 0.2) is 24.8 Å². The van der Waals surface area contributed by atoms with Gasteiger partial charge in [-0.1, -0.05) is 64.5 Å². The van der Waals surface area contributed by atoms with Crippen LogP contribution in [0, 0.1) is 0 Å². The molecule has 0 aromatic heterocycles. The minimum Gasteiger partial charge on any atom is -0.497 e. The third kappa shape index (κ3) is 7.22. The molecule has 1 aromatic carbocycles. The van der Waals surface area contributed by atoms with E-state index in [0.29, 0.717) is 0 Å². The largest absolute Gasteiger partial charge is 0.497 e. The molecule has 1 rings (SSSR count). The summed E-state index contributed by atoms with van der Waals surface area (Å²) < 4.78 is 11.1. The molecule has 0 radical (unpaired) electrons. The Kier molecular flexibility index (Phi) is 9.43. The number of methoxy groups -OCH3 is 1. The molecule has 0 atom stereocenters. The van der Waals surface area contributed by atoms with Crippen molar-refractivity contribution < 1.29 is 9.47 Å². The van der Waals surface area contributed by atoms with E-state index >= 15 is 0 Å². The second kappa shape index (κ2) is 11.2. The van der Waals surface area contributed by atoms with Gasteiger partial charge >= 0.3 is 0 Å². The third-order valence-electron chi connectivity index (χ3n) is 3.69. The maximum atomic E-state index is 5.85. The molecular weight excluding hydrogens is 260 g/mol. The molecule has 0 N–H and O–H groups in total. The molecule has 0 spiro atoms. The zero-order valence-corrected chi connectivity index (χ0v) is 13.7. The molecule has 0 saturated carbocycles. The molecule has 0 fully saturated rings. The van der Waals surface area contributed by atoms with Gasteiger partial charge in [0.2, 0.25) is 0 Å². The summed E-state index contributed by atoms with van der Waals surface area (Å²) in [6.07, 6.45) is 12.3. The highest BCUT2D eigenvalue weighted by Gasteiger charge is 2.02. The summed E-state index contributed by atoms with van der Waals surface area (Å²) in [5, 5.41) is 0. The summed E-state index contributed by atoms with van der Waals surface area (Å²) in [7, 11) is 1.67. The second-order valence-corrected chi connectivity index (χ2v) is 5.43. The molecule has 1 aromatic rings. The van der Waals surface area contributed by atoms with E-state index in [2.05, 4.69) is 13.5 Å². The fourth-order valence-electron chi connectivity index (χ4n) is 2.36. The first-order valence-electron chi connectivity index (χ1n) is 8.25. The Morgan fingerprint density at radius 3 is 2.29 bits per heavy atom. The van der Waals surface area contributed by atoms with Crippen LogP contribution in [0.3, 0.4) is 0 Å². The monoisotopic (exact) mass is 290 g/mol. The number of rotatable bonds is 12. The molecule has 0 aliphatic heterocycles. The first kappa shape index (κ1) is 17.6. The van der Waals surface area contributed by atoms with Crippen molar-refractivity contribution in [3.05, 3.63) is 30.3 Å². The highest BCUT2D eigenvalue weighted by Crippen LogP contribution is 2.25. The lowest BCUT2D eigenvalue weighted by Gasteiger charge is -2.10. The lowest BCUT2D eigenvalue weighted by atomic mass is 10.1. The van der Waals surface area contributed by atoms with Crippen molar-refractivity contribution in [2.75, 3.05) is 13.7 Å². The molecule has 0 unspecified atom stereocenters. The maximum absolute atomic E-state index is 5.85. The minimum absolute atomic E-state index is 0.780. The molecule has 0 aliphatic rings. The lowest BCUT2D eigenvalue weighted by Crippen LogP contribution is -1.99. The van der Waals surface area contributed by atoms with Crippen LogP contribution < -0.4 is 9.47 Å². The predicted molar refractivity (Wildman–Crippen MR) is 91.2 cm³/mol. The van der Waals surface area contributed by atoms with E-state index in [1.807, 2.05) is 24.3 Å². The molecule has 2 heteroatoms.